The van der Waals surface area contributed by atoms with Crippen LogP contribution in [0.2, 0.25) is 5.02 Å². The Morgan fingerprint density at radius 1 is 0.886 bits per heavy atom. The Morgan fingerprint density at radius 2 is 1.55 bits per heavy atom. The summed E-state index contributed by atoms with van der Waals surface area (Å²) >= 11 is 6.02. The van der Waals surface area contributed by atoms with Gasteiger partial charge in [-0.2, -0.15) is 0 Å². The number of amides is 2. The smallest absolute Gasteiger partial charge is 0.264 e. The van der Waals surface area contributed by atoms with Gasteiger partial charge in [-0.1, -0.05) is 72.3 Å². The van der Waals surface area contributed by atoms with Gasteiger partial charge in [0.05, 0.1) is 10.6 Å². The maximum absolute atomic E-state index is 15.0. The van der Waals surface area contributed by atoms with Crippen molar-refractivity contribution in [3.63, 3.8) is 0 Å². The van der Waals surface area contributed by atoms with Gasteiger partial charge in [-0.25, -0.2) is 12.8 Å². The third kappa shape index (κ3) is 8.24. The van der Waals surface area contributed by atoms with E-state index in [0.29, 0.717) is 5.02 Å². The zero-order valence-electron chi connectivity index (χ0n) is 24.8. The highest BCUT2D eigenvalue weighted by atomic mass is 35.5. The fourth-order valence-corrected chi connectivity index (χ4v) is 6.32. The van der Waals surface area contributed by atoms with Gasteiger partial charge in [-0.15, -0.1) is 0 Å². The maximum Gasteiger partial charge on any atom is 0.264 e. The number of nitrogens with zero attached hydrogens (tertiary/aromatic N) is 2. The molecule has 0 radical (unpaired) electrons. The molecule has 4 rings (SSSR count). The van der Waals surface area contributed by atoms with Crippen molar-refractivity contribution < 1.29 is 22.4 Å². The molecule has 0 saturated carbocycles. The molecular weight excluding hydrogens is 601 g/mol. The van der Waals surface area contributed by atoms with Gasteiger partial charge >= 0.3 is 0 Å². The van der Waals surface area contributed by atoms with Gasteiger partial charge in [-0.05, 0) is 74.4 Å². The van der Waals surface area contributed by atoms with E-state index in [-0.39, 0.29) is 35.2 Å². The monoisotopic (exact) mass is 635 g/mol. The lowest BCUT2D eigenvalue weighted by Gasteiger charge is -2.34. The van der Waals surface area contributed by atoms with Crippen LogP contribution in [0.3, 0.4) is 0 Å². The number of hydrogen-bond acceptors (Lipinski definition) is 4. The lowest BCUT2D eigenvalue weighted by atomic mass is 10.0. The fourth-order valence-electron chi connectivity index (χ4n) is 4.79. The number of sulfonamides is 1. The average molecular weight is 636 g/mol. The van der Waals surface area contributed by atoms with Crippen molar-refractivity contribution in [2.75, 3.05) is 10.8 Å². The van der Waals surface area contributed by atoms with E-state index in [1.165, 1.54) is 47.4 Å². The molecule has 10 heteroatoms. The molecule has 230 valence electrons. The van der Waals surface area contributed by atoms with E-state index < -0.39 is 40.2 Å². The van der Waals surface area contributed by atoms with Gasteiger partial charge in [0.2, 0.25) is 11.8 Å². The second-order valence-electron chi connectivity index (χ2n) is 10.8. The second kappa shape index (κ2) is 14.5. The van der Waals surface area contributed by atoms with E-state index >= 15 is 0 Å². The van der Waals surface area contributed by atoms with Crippen LogP contribution in [0.25, 0.3) is 0 Å². The molecule has 0 saturated heterocycles. The summed E-state index contributed by atoms with van der Waals surface area (Å²) in [7, 11) is -4.27. The van der Waals surface area contributed by atoms with E-state index in [9.17, 15) is 22.4 Å². The molecular formula is C34H35ClFN3O4S. The van der Waals surface area contributed by atoms with Crippen LogP contribution in [-0.2, 0) is 32.6 Å². The molecule has 0 aliphatic heterocycles. The second-order valence-corrected chi connectivity index (χ2v) is 13.1. The molecule has 4 aromatic rings. The first-order valence-electron chi connectivity index (χ1n) is 14.2. The van der Waals surface area contributed by atoms with E-state index in [4.69, 9.17) is 11.6 Å². The number of benzene rings is 4. The lowest BCUT2D eigenvalue weighted by molar-refractivity contribution is -0.140. The number of hydrogen-bond donors (Lipinski definition) is 1. The molecule has 0 aliphatic rings. The van der Waals surface area contributed by atoms with E-state index in [1.54, 1.807) is 38.1 Å². The lowest BCUT2D eigenvalue weighted by Crippen LogP contribution is -2.54. The SMILES string of the molecule is Cc1cccc(N(CC(=O)N(Cc2ccccc2F)[C@@H](Cc2ccccc2)C(=O)NC(C)C)S(=O)(=O)c2ccc(Cl)cc2)c1. The average Bonchev–Trinajstić information content (AvgIpc) is 2.98. The molecule has 0 bridgehead atoms. The Morgan fingerprint density at radius 3 is 2.18 bits per heavy atom. The molecule has 4 aromatic carbocycles. The summed E-state index contributed by atoms with van der Waals surface area (Å²) < 4.78 is 44.1. The molecule has 0 unspecified atom stereocenters. The Kier molecular flexibility index (Phi) is 10.8. The normalized spacial score (nSPS) is 12.0. The molecule has 0 aliphatic carbocycles. The number of aryl methyl sites for hydroxylation is 1. The summed E-state index contributed by atoms with van der Waals surface area (Å²) in [6.07, 6.45) is 0.133. The van der Waals surface area contributed by atoms with Crippen molar-refractivity contribution >= 4 is 39.1 Å². The molecule has 2 amide bonds. The number of nitrogens with one attached hydrogen (secondary N) is 1. The minimum Gasteiger partial charge on any atom is -0.352 e. The predicted octanol–water partition coefficient (Wildman–Crippen LogP) is 6.15. The highest BCUT2D eigenvalue weighted by Crippen LogP contribution is 2.27. The molecule has 0 heterocycles. The Balaban J connectivity index is 1.82. The van der Waals surface area contributed by atoms with E-state index in [1.807, 2.05) is 43.3 Å². The highest BCUT2D eigenvalue weighted by molar-refractivity contribution is 7.92. The van der Waals surface area contributed by atoms with Gasteiger partial charge in [0.25, 0.3) is 10.0 Å². The third-order valence-corrected chi connectivity index (χ3v) is 9.01. The summed E-state index contributed by atoms with van der Waals surface area (Å²) in [5, 5.41) is 3.24. The van der Waals surface area contributed by atoms with Gasteiger partial charge in [-0.3, -0.25) is 13.9 Å². The minimum atomic E-state index is -4.27. The third-order valence-electron chi connectivity index (χ3n) is 6.97. The Bertz CT molecular complexity index is 1700. The molecule has 0 spiro atoms. The van der Waals surface area contributed by atoms with E-state index in [0.717, 1.165) is 15.4 Å². The summed E-state index contributed by atoms with van der Waals surface area (Å²) in [6.45, 7) is 4.53. The topological polar surface area (TPSA) is 86.8 Å². The number of anilines is 1. The predicted molar refractivity (Wildman–Crippen MR) is 171 cm³/mol. The molecule has 0 aromatic heterocycles. The van der Waals surface area contributed by atoms with Crippen molar-refractivity contribution in [3.8, 4) is 0 Å². The molecule has 7 nitrogen and oxygen atoms in total. The largest absolute Gasteiger partial charge is 0.352 e. The Hall–Kier alpha value is -4.21. The van der Waals surface area contributed by atoms with Crippen LogP contribution in [0, 0.1) is 12.7 Å². The molecule has 1 N–H and O–H groups in total. The van der Waals surface area contributed by atoms with Crippen LogP contribution in [-0.4, -0.2) is 43.8 Å². The quantitative estimate of drug-likeness (QED) is 0.202. The Labute approximate surface area is 263 Å². The fraction of sp³-hybridized carbons (Fsp3) is 0.235. The van der Waals surface area contributed by atoms with Crippen LogP contribution in [0.4, 0.5) is 10.1 Å². The number of halogens is 2. The number of carbonyl (C=O) groups excluding carboxylic acids is 2. The van der Waals surface area contributed by atoms with Crippen LogP contribution in [0.1, 0.15) is 30.5 Å². The minimum absolute atomic E-state index is 0.0600. The highest BCUT2D eigenvalue weighted by Gasteiger charge is 2.35. The van der Waals surface area contributed by atoms with Crippen molar-refractivity contribution in [2.24, 2.45) is 0 Å². The first-order valence-corrected chi connectivity index (χ1v) is 16.0. The zero-order valence-corrected chi connectivity index (χ0v) is 26.4. The number of rotatable bonds is 12. The number of carbonyl (C=O) groups is 2. The van der Waals surface area contributed by atoms with Gasteiger partial charge in [0.1, 0.15) is 18.4 Å². The molecule has 1 atom stereocenters. The van der Waals surface area contributed by atoms with Crippen molar-refractivity contribution in [1.82, 2.24) is 10.2 Å². The summed E-state index contributed by atoms with van der Waals surface area (Å²) in [5.74, 6) is -1.65. The summed E-state index contributed by atoms with van der Waals surface area (Å²) in [6, 6.07) is 26.3. The van der Waals surface area contributed by atoms with Gasteiger partial charge in [0.15, 0.2) is 0 Å². The summed E-state index contributed by atoms with van der Waals surface area (Å²) in [5.41, 5.74) is 2.03. The van der Waals surface area contributed by atoms with Crippen LogP contribution < -0.4 is 9.62 Å². The molecule has 44 heavy (non-hydrogen) atoms. The van der Waals surface area contributed by atoms with Crippen molar-refractivity contribution in [2.45, 2.75) is 50.7 Å². The van der Waals surface area contributed by atoms with E-state index in [2.05, 4.69) is 5.32 Å². The van der Waals surface area contributed by atoms with Crippen LogP contribution in [0.5, 0.6) is 0 Å². The standard InChI is InChI=1S/C34H35ClFN3O4S/c1-24(2)37-34(41)32(21-26-11-5-4-6-12-26)38(22-27-13-7-8-15-31(27)36)33(40)23-39(29-14-9-10-25(3)20-29)44(42,43)30-18-16-28(35)17-19-30/h4-20,24,32H,21-23H2,1-3H3,(H,37,41)/t32-/m0/s1. The van der Waals surface area contributed by atoms with Crippen LogP contribution in [0.15, 0.2) is 108 Å². The first-order chi connectivity index (χ1) is 21.0. The van der Waals surface area contributed by atoms with Crippen molar-refractivity contribution in [1.29, 1.82) is 0 Å². The van der Waals surface area contributed by atoms with Gasteiger partial charge < -0.3 is 10.2 Å². The van der Waals surface area contributed by atoms with Crippen LogP contribution >= 0.6 is 11.6 Å². The summed E-state index contributed by atoms with van der Waals surface area (Å²) in [4.78, 5) is 29.3. The molecule has 0 fully saturated rings. The first kappa shape index (κ1) is 32.7. The maximum atomic E-state index is 15.0. The zero-order chi connectivity index (χ0) is 31.9. The van der Waals surface area contributed by atoms with Gasteiger partial charge in [0, 0.05) is 29.6 Å². The van der Waals surface area contributed by atoms with Crippen molar-refractivity contribution in [3.05, 3.63) is 131 Å².